The third-order valence-corrected chi connectivity index (χ3v) is 3.32. The summed E-state index contributed by atoms with van der Waals surface area (Å²) in [7, 11) is 0. The Kier molecular flexibility index (Phi) is 4.20. The fourth-order valence-electron chi connectivity index (χ4n) is 2.19. The van der Waals surface area contributed by atoms with Crippen molar-refractivity contribution in [2.24, 2.45) is 10.9 Å². The van der Waals surface area contributed by atoms with E-state index in [1.165, 1.54) is 24.8 Å². The van der Waals surface area contributed by atoms with Crippen molar-refractivity contribution in [1.29, 1.82) is 0 Å². The van der Waals surface area contributed by atoms with Crippen LogP contribution in [-0.2, 0) is 6.54 Å². The zero-order chi connectivity index (χ0) is 13.0. The highest BCUT2D eigenvalue weighted by Gasteiger charge is 2.28. The fraction of sp³-hybridized carbons (Fsp3) is 0.500. The number of rotatable bonds is 6. The SMILES string of the molecule is CCCN(Cc1ccc(/C(N)=N/O)cc1)C1CC1. The van der Waals surface area contributed by atoms with Crippen LogP contribution in [0, 0.1) is 0 Å². The van der Waals surface area contributed by atoms with Crippen molar-refractivity contribution in [3.8, 4) is 0 Å². The van der Waals surface area contributed by atoms with E-state index in [1.807, 2.05) is 12.1 Å². The molecule has 1 aliphatic rings. The summed E-state index contributed by atoms with van der Waals surface area (Å²) in [4.78, 5) is 2.54. The lowest BCUT2D eigenvalue weighted by atomic mass is 10.1. The van der Waals surface area contributed by atoms with Crippen molar-refractivity contribution in [3.05, 3.63) is 35.4 Å². The van der Waals surface area contributed by atoms with Crippen LogP contribution < -0.4 is 5.73 Å². The molecule has 0 unspecified atom stereocenters. The second kappa shape index (κ2) is 5.87. The van der Waals surface area contributed by atoms with Crippen LogP contribution in [0.4, 0.5) is 0 Å². The average molecular weight is 247 g/mol. The summed E-state index contributed by atoms with van der Waals surface area (Å²) in [5.41, 5.74) is 7.58. The van der Waals surface area contributed by atoms with Gasteiger partial charge in [0.1, 0.15) is 0 Å². The van der Waals surface area contributed by atoms with E-state index >= 15 is 0 Å². The van der Waals surface area contributed by atoms with Crippen LogP contribution >= 0.6 is 0 Å². The van der Waals surface area contributed by atoms with Crippen molar-refractivity contribution in [3.63, 3.8) is 0 Å². The average Bonchev–Trinajstić information content (AvgIpc) is 3.22. The Labute approximate surface area is 108 Å². The molecule has 98 valence electrons. The second-order valence-corrected chi connectivity index (χ2v) is 4.88. The summed E-state index contributed by atoms with van der Waals surface area (Å²) in [6, 6.07) is 8.70. The van der Waals surface area contributed by atoms with Crippen LogP contribution in [0.15, 0.2) is 29.4 Å². The Morgan fingerprint density at radius 3 is 2.56 bits per heavy atom. The maximum Gasteiger partial charge on any atom is 0.170 e. The molecule has 1 aromatic rings. The van der Waals surface area contributed by atoms with E-state index in [-0.39, 0.29) is 5.84 Å². The van der Waals surface area contributed by atoms with Crippen LogP contribution in [0.1, 0.15) is 37.3 Å². The van der Waals surface area contributed by atoms with Crippen molar-refractivity contribution in [2.45, 2.75) is 38.8 Å². The first-order chi connectivity index (χ1) is 8.74. The molecule has 4 nitrogen and oxygen atoms in total. The van der Waals surface area contributed by atoms with Gasteiger partial charge in [-0.1, -0.05) is 36.3 Å². The Morgan fingerprint density at radius 2 is 2.06 bits per heavy atom. The molecule has 1 saturated carbocycles. The van der Waals surface area contributed by atoms with Gasteiger partial charge in [-0.15, -0.1) is 0 Å². The predicted molar refractivity (Wildman–Crippen MR) is 72.7 cm³/mol. The normalized spacial score (nSPS) is 16.2. The highest BCUT2D eigenvalue weighted by molar-refractivity contribution is 5.96. The lowest BCUT2D eigenvalue weighted by molar-refractivity contribution is 0.255. The van der Waals surface area contributed by atoms with Gasteiger partial charge in [-0.25, -0.2) is 0 Å². The van der Waals surface area contributed by atoms with E-state index < -0.39 is 0 Å². The van der Waals surface area contributed by atoms with E-state index in [4.69, 9.17) is 10.9 Å². The van der Waals surface area contributed by atoms with Crippen LogP contribution in [0.3, 0.4) is 0 Å². The summed E-state index contributed by atoms with van der Waals surface area (Å²) in [6.45, 7) is 4.37. The largest absolute Gasteiger partial charge is 0.409 e. The summed E-state index contributed by atoms with van der Waals surface area (Å²) in [5, 5.41) is 11.6. The van der Waals surface area contributed by atoms with Crippen LogP contribution in [-0.4, -0.2) is 28.5 Å². The van der Waals surface area contributed by atoms with Gasteiger partial charge in [-0.2, -0.15) is 0 Å². The first-order valence-electron chi connectivity index (χ1n) is 6.55. The van der Waals surface area contributed by atoms with E-state index in [1.54, 1.807) is 0 Å². The number of hydrogen-bond acceptors (Lipinski definition) is 3. The molecule has 0 radical (unpaired) electrons. The second-order valence-electron chi connectivity index (χ2n) is 4.88. The molecule has 0 amide bonds. The molecule has 3 N–H and O–H groups in total. The lowest BCUT2D eigenvalue weighted by Gasteiger charge is -2.21. The molecule has 18 heavy (non-hydrogen) atoms. The molecule has 0 atom stereocenters. The van der Waals surface area contributed by atoms with Crippen molar-refractivity contribution in [2.75, 3.05) is 6.54 Å². The van der Waals surface area contributed by atoms with E-state index in [0.29, 0.717) is 0 Å². The number of amidine groups is 1. The van der Waals surface area contributed by atoms with Gasteiger partial charge in [0.2, 0.25) is 0 Å². The zero-order valence-corrected chi connectivity index (χ0v) is 10.8. The molecule has 0 aromatic heterocycles. The predicted octanol–water partition coefficient (Wildman–Crippen LogP) is 2.16. The minimum absolute atomic E-state index is 0.161. The number of benzene rings is 1. The topological polar surface area (TPSA) is 61.8 Å². The van der Waals surface area contributed by atoms with Gasteiger partial charge in [0, 0.05) is 18.2 Å². The highest BCUT2D eigenvalue weighted by atomic mass is 16.4. The highest BCUT2D eigenvalue weighted by Crippen LogP contribution is 2.28. The van der Waals surface area contributed by atoms with Crippen LogP contribution in [0.25, 0.3) is 0 Å². The molecule has 0 spiro atoms. The number of nitrogens with two attached hydrogens (primary N) is 1. The summed E-state index contributed by atoms with van der Waals surface area (Å²) >= 11 is 0. The molecule has 1 aromatic carbocycles. The molecule has 1 fully saturated rings. The first-order valence-corrected chi connectivity index (χ1v) is 6.55. The monoisotopic (exact) mass is 247 g/mol. The van der Waals surface area contributed by atoms with Crippen LogP contribution in [0.2, 0.25) is 0 Å². The standard InChI is InChI=1S/C14H21N3O/c1-2-9-17(13-7-8-13)10-11-3-5-12(6-4-11)14(15)16-18/h3-6,13,18H,2,7-10H2,1H3,(H2,15,16). The molecule has 4 heteroatoms. The maximum atomic E-state index is 8.61. The molecule has 2 rings (SSSR count). The number of oxime groups is 1. The van der Waals surface area contributed by atoms with Gasteiger partial charge in [0.05, 0.1) is 0 Å². The Morgan fingerprint density at radius 1 is 1.39 bits per heavy atom. The van der Waals surface area contributed by atoms with Crippen molar-refractivity contribution in [1.82, 2.24) is 4.90 Å². The number of hydrogen-bond donors (Lipinski definition) is 2. The summed E-state index contributed by atoms with van der Waals surface area (Å²) < 4.78 is 0. The third-order valence-electron chi connectivity index (χ3n) is 3.32. The Balaban J connectivity index is 2.00. The Hall–Kier alpha value is -1.55. The van der Waals surface area contributed by atoms with Gasteiger partial charge in [-0.05, 0) is 31.4 Å². The Bertz CT molecular complexity index is 410. The fourth-order valence-corrected chi connectivity index (χ4v) is 2.19. The van der Waals surface area contributed by atoms with Gasteiger partial charge < -0.3 is 10.9 Å². The van der Waals surface area contributed by atoms with Gasteiger partial charge in [0.15, 0.2) is 5.84 Å². The third kappa shape index (κ3) is 3.23. The van der Waals surface area contributed by atoms with Crippen molar-refractivity contribution < 1.29 is 5.21 Å². The lowest BCUT2D eigenvalue weighted by Crippen LogP contribution is -2.26. The van der Waals surface area contributed by atoms with E-state index in [2.05, 4.69) is 29.1 Å². The minimum Gasteiger partial charge on any atom is -0.409 e. The van der Waals surface area contributed by atoms with Crippen molar-refractivity contribution >= 4 is 5.84 Å². The zero-order valence-electron chi connectivity index (χ0n) is 10.8. The van der Waals surface area contributed by atoms with Crippen LogP contribution in [0.5, 0.6) is 0 Å². The van der Waals surface area contributed by atoms with Gasteiger partial charge in [-0.3, -0.25) is 4.90 Å². The molecule has 0 bridgehead atoms. The first kappa shape index (κ1) is 12.9. The molecule has 0 aliphatic heterocycles. The van der Waals surface area contributed by atoms with E-state index in [9.17, 15) is 0 Å². The molecular weight excluding hydrogens is 226 g/mol. The summed E-state index contributed by atoms with van der Waals surface area (Å²) in [5.74, 6) is 0.161. The minimum atomic E-state index is 0.161. The quantitative estimate of drug-likeness (QED) is 0.350. The molecular formula is C14H21N3O. The smallest absolute Gasteiger partial charge is 0.170 e. The molecule has 1 aliphatic carbocycles. The maximum absolute atomic E-state index is 8.61. The van der Waals surface area contributed by atoms with Gasteiger partial charge >= 0.3 is 0 Å². The number of nitrogens with zero attached hydrogens (tertiary/aromatic N) is 2. The summed E-state index contributed by atoms with van der Waals surface area (Å²) in [6.07, 6.45) is 3.86. The molecule has 0 heterocycles. The van der Waals surface area contributed by atoms with E-state index in [0.717, 1.165) is 24.7 Å². The van der Waals surface area contributed by atoms with Gasteiger partial charge in [0.25, 0.3) is 0 Å². The molecule has 0 saturated heterocycles.